The van der Waals surface area contributed by atoms with Gasteiger partial charge in [-0.05, 0) is 25.1 Å². The molecule has 0 radical (unpaired) electrons. The number of piperazine rings is 1. The van der Waals surface area contributed by atoms with Gasteiger partial charge in [-0.15, -0.1) is 0 Å². The second kappa shape index (κ2) is 6.46. The maximum atomic E-state index is 12.3. The van der Waals surface area contributed by atoms with Crippen molar-refractivity contribution in [3.8, 4) is 11.5 Å². The fourth-order valence-electron chi connectivity index (χ4n) is 2.47. The molecule has 0 saturated carbocycles. The second-order valence-electron chi connectivity index (χ2n) is 5.40. The Morgan fingerprint density at radius 1 is 1.55 bits per heavy atom. The predicted octanol–water partition coefficient (Wildman–Crippen LogP) is 1.75. The quantitative estimate of drug-likeness (QED) is 0.933. The third-order valence-electron chi connectivity index (χ3n) is 3.57. The van der Waals surface area contributed by atoms with E-state index in [1.54, 1.807) is 12.1 Å². The summed E-state index contributed by atoms with van der Waals surface area (Å²) in [6.07, 6.45) is 0.150. The average Bonchev–Trinajstić information content (AvgIpc) is 2.96. The number of benzene rings is 1. The molecule has 6 nitrogen and oxygen atoms in total. The molecule has 1 fully saturated rings. The van der Waals surface area contributed by atoms with Gasteiger partial charge >= 0.3 is 0 Å². The summed E-state index contributed by atoms with van der Waals surface area (Å²) in [5.41, 5.74) is 0.745. The minimum atomic E-state index is 0.0202. The number of nitrogens with one attached hydrogen (secondary N) is 1. The van der Waals surface area contributed by atoms with Crippen molar-refractivity contribution in [3.05, 3.63) is 35.1 Å². The average molecular weight is 321 g/mol. The molecular weight excluding hydrogens is 304 g/mol. The number of amides is 1. The fourth-order valence-corrected chi connectivity index (χ4v) is 2.66. The summed E-state index contributed by atoms with van der Waals surface area (Å²) in [6, 6.07) is 7.48. The van der Waals surface area contributed by atoms with Crippen molar-refractivity contribution in [3.63, 3.8) is 0 Å². The van der Waals surface area contributed by atoms with Crippen LogP contribution >= 0.6 is 11.6 Å². The highest BCUT2D eigenvalue weighted by Gasteiger charge is 2.22. The maximum Gasteiger partial charge on any atom is 0.257 e. The van der Waals surface area contributed by atoms with Crippen molar-refractivity contribution in [1.82, 2.24) is 20.4 Å². The van der Waals surface area contributed by atoms with E-state index < -0.39 is 0 Å². The van der Waals surface area contributed by atoms with Crippen LogP contribution in [0.5, 0.6) is 0 Å². The molecule has 7 heteroatoms. The summed E-state index contributed by atoms with van der Waals surface area (Å²) in [5, 5.41) is 7.79. The van der Waals surface area contributed by atoms with Crippen LogP contribution in [0.1, 0.15) is 12.7 Å². The van der Waals surface area contributed by atoms with Crippen LogP contribution in [0.2, 0.25) is 5.02 Å². The lowest BCUT2D eigenvalue weighted by atomic mass is 10.2. The van der Waals surface area contributed by atoms with Crippen molar-refractivity contribution in [1.29, 1.82) is 0 Å². The number of carbonyl (C=O) groups excluding carboxylic acids is 1. The molecule has 1 aliphatic heterocycles. The van der Waals surface area contributed by atoms with Crippen LogP contribution in [-0.2, 0) is 11.2 Å². The zero-order valence-electron chi connectivity index (χ0n) is 12.3. The zero-order valence-corrected chi connectivity index (χ0v) is 13.0. The first-order chi connectivity index (χ1) is 10.6. The van der Waals surface area contributed by atoms with Crippen molar-refractivity contribution >= 4 is 17.5 Å². The molecule has 1 aliphatic rings. The van der Waals surface area contributed by atoms with Gasteiger partial charge in [0.2, 0.25) is 5.91 Å². The molecule has 2 aromatic rings. The number of hydrogen-bond donors (Lipinski definition) is 1. The molecule has 0 spiro atoms. The van der Waals surface area contributed by atoms with Gasteiger partial charge in [0, 0.05) is 36.3 Å². The van der Waals surface area contributed by atoms with Crippen LogP contribution in [0, 0.1) is 0 Å². The van der Waals surface area contributed by atoms with Gasteiger partial charge in [-0.2, -0.15) is 4.98 Å². The van der Waals surface area contributed by atoms with Gasteiger partial charge in [0.05, 0.1) is 6.42 Å². The van der Waals surface area contributed by atoms with Crippen LogP contribution in [0.4, 0.5) is 0 Å². The normalized spacial score (nSPS) is 18.5. The van der Waals surface area contributed by atoms with E-state index in [0.717, 1.165) is 12.1 Å². The summed E-state index contributed by atoms with van der Waals surface area (Å²) in [4.78, 5) is 18.4. The minimum absolute atomic E-state index is 0.0202. The molecule has 1 saturated heterocycles. The molecule has 1 aromatic heterocycles. The minimum Gasteiger partial charge on any atom is -0.339 e. The van der Waals surface area contributed by atoms with Crippen LogP contribution in [0.15, 0.2) is 28.8 Å². The monoisotopic (exact) mass is 320 g/mol. The van der Waals surface area contributed by atoms with Crippen molar-refractivity contribution in [2.45, 2.75) is 19.4 Å². The standard InChI is InChI=1S/C15H17ClN4O2/c1-10-9-20(6-5-17-10)14(21)8-13-18-15(22-19-13)11-3-2-4-12(16)7-11/h2-4,7,10,17H,5-6,8-9H2,1H3. The Morgan fingerprint density at radius 3 is 3.18 bits per heavy atom. The SMILES string of the molecule is CC1CN(C(=O)Cc2noc(-c3cccc(Cl)c3)n2)CCN1. The molecule has 0 aliphatic carbocycles. The van der Waals surface area contributed by atoms with E-state index in [0.29, 0.717) is 35.9 Å². The zero-order chi connectivity index (χ0) is 15.5. The van der Waals surface area contributed by atoms with Gasteiger partial charge in [0.25, 0.3) is 5.89 Å². The van der Waals surface area contributed by atoms with Crippen molar-refractivity contribution in [2.24, 2.45) is 0 Å². The lowest BCUT2D eigenvalue weighted by Crippen LogP contribution is -2.51. The molecule has 1 atom stereocenters. The van der Waals surface area contributed by atoms with E-state index in [1.165, 1.54) is 0 Å². The molecule has 0 bridgehead atoms. The van der Waals surface area contributed by atoms with Gasteiger partial charge in [0.15, 0.2) is 5.82 Å². The third kappa shape index (κ3) is 3.45. The first kappa shape index (κ1) is 15.0. The number of carbonyl (C=O) groups is 1. The van der Waals surface area contributed by atoms with Crippen LogP contribution < -0.4 is 5.32 Å². The fraction of sp³-hybridized carbons (Fsp3) is 0.400. The highest BCUT2D eigenvalue weighted by Crippen LogP contribution is 2.21. The van der Waals surface area contributed by atoms with Crippen molar-refractivity contribution in [2.75, 3.05) is 19.6 Å². The maximum absolute atomic E-state index is 12.3. The van der Waals surface area contributed by atoms with Crippen molar-refractivity contribution < 1.29 is 9.32 Å². The largest absolute Gasteiger partial charge is 0.339 e. The molecule has 1 amide bonds. The Hall–Kier alpha value is -1.92. The second-order valence-corrected chi connectivity index (χ2v) is 5.83. The van der Waals surface area contributed by atoms with Gasteiger partial charge in [-0.3, -0.25) is 4.79 Å². The van der Waals surface area contributed by atoms with Crippen LogP contribution in [0.25, 0.3) is 11.5 Å². The summed E-state index contributed by atoms with van der Waals surface area (Å²) < 4.78 is 5.21. The van der Waals surface area contributed by atoms with Gasteiger partial charge in [-0.1, -0.05) is 22.8 Å². The lowest BCUT2D eigenvalue weighted by Gasteiger charge is -2.31. The first-order valence-corrected chi connectivity index (χ1v) is 7.59. The van der Waals surface area contributed by atoms with E-state index in [2.05, 4.69) is 22.4 Å². The summed E-state index contributed by atoms with van der Waals surface area (Å²) >= 11 is 5.94. The molecular formula is C15H17ClN4O2. The number of rotatable bonds is 3. The van der Waals surface area contributed by atoms with E-state index in [-0.39, 0.29) is 12.3 Å². The van der Waals surface area contributed by atoms with E-state index in [1.807, 2.05) is 17.0 Å². The topological polar surface area (TPSA) is 71.3 Å². The number of hydrogen-bond acceptors (Lipinski definition) is 5. The Kier molecular flexibility index (Phi) is 4.40. The van der Waals surface area contributed by atoms with Gasteiger partial charge in [-0.25, -0.2) is 0 Å². The Morgan fingerprint density at radius 2 is 2.41 bits per heavy atom. The number of aromatic nitrogens is 2. The molecule has 1 unspecified atom stereocenters. The van der Waals surface area contributed by atoms with Crippen LogP contribution in [0.3, 0.4) is 0 Å². The molecule has 2 heterocycles. The van der Waals surface area contributed by atoms with Crippen LogP contribution in [-0.4, -0.2) is 46.6 Å². The van der Waals surface area contributed by atoms with Gasteiger partial charge < -0.3 is 14.7 Å². The summed E-state index contributed by atoms with van der Waals surface area (Å²) in [7, 11) is 0. The van der Waals surface area contributed by atoms with E-state index >= 15 is 0 Å². The highest BCUT2D eigenvalue weighted by molar-refractivity contribution is 6.30. The highest BCUT2D eigenvalue weighted by atomic mass is 35.5. The third-order valence-corrected chi connectivity index (χ3v) is 3.81. The lowest BCUT2D eigenvalue weighted by molar-refractivity contribution is -0.131. The predicted molar refractivity (Wildman–Crippen MR) is 82.5 cm³/mol. The first-order valence-electron chi connectivity index (χ1n) is 7.21. The molecule has 1 aromatic carbocycles. The summed E-state index contributed by atoms with van der Waals surface area (Å²) in [5.74, 6) is 0.789. The summed E-state index contributed by atoms with van der Waals surface area (Å²) in [6.45, 7) is 4.29. The Bertz CT molecular complexity index is 673. The van der Waals surface area contributed by atoms with Gasteiger partial charge in [0.1, 0.15) is 0 Å². The molecule has 3 rings (SSSR count). The van der Waals surface area contributed by atoms with E-state index in [9.17, 15) is 4.79 Å². The Balaban J connectivity index is 1.68. The molecule has 22 heavy (non-hydrogen) atoms. The molecule has 1 N–H and O–H groups in total. The number of halogens is 1. The van der Waals surface area contributed by atoms with E-state index in [4.69, 9.17) is 16.1 Å². The number of nitrogens with zero attached hydrogens (tertiary/aromatic N) is 3. The Labute approximate surface area is 133 Å². The molecule has 116 valence electrons. The smallest absolute Gasteiger partial charge is 0.257 e.